The van der Waals surface area contributed by atoms with Gasteiger partial charge in [-0.05, 0) is 25.2 Å². The molecule has 0 bridgehead atoms. The van der Waals surface area contributed by atoms with Gasteiger partial charge in [0.25, 0.3) is 0 Å². The fourth-order valence-electron chi connectivity index (χ4n) is 9.07. The van der Waals surface area contributed by atoms with Crippen LogP contribution in [0, 0.1) is 5.92 Å². The monoisotopic (exact) mass is 919 g/mol. The molecule has 0 amide bonds. The summed E-state index contributed by atoms with van der Waals surface area (Å²) in [4.78, 5) is 38.1. The summed E-state index contributed by atoms with van der Waals surface area (Å²) in [7, 11) is 0. The second-order valence-electron chi connectivity index (χ2n) is 20.5. The van der Waals surface area contributed by atoms with E-state index < -0.39 is 6.10 Å². The third-order valence-electron chi connectivity index (χ3n) is 13.9. The van der Waals surface area contributed by atoms with Gasteiger partial charge in [0, 0.05) is 19.3 Å². The van der Waals surface area contributed by atoms with Crippen molar-refractivity contribution in [2.24, 2.45) is 5.92 Å². The second-order valence-corrected chi connectivity index (χ2v) is 20.5. The summed E-state index contributed by atoms with van der Waals surface area (Å²) in [6, 6.07) is 0. The number of rotatable bonds is 54. The van der Waals surface area contributed by atoms with Crippen LogP contribution in [0.15, 0.2) is 0 Å². The highest BCUT2D eigenvalue weighted by Crippen LogP contribution is 2.18. The van der Waals surface area contributed by atoms with E-state index in [1.165, 1.54) is 231 Å². The summed E-state index contributed by atoms with van der Waals surface area (Å²) >= 11 is 0. The van der Waals surface area contributed by atoms with Crippen LogP contribution in [0.3, 0.4) is 0 Å². The van der Waals surface area contributed by atoms with E-state index in [2.05, 4.69) is 27.7 Å². The molecule has 386 valence electrons. The Labute approximate surface area is 406 Å². The second kappa shape index (κ2) is 53.4. The molecule has 6 heteroatoms. The third kappa shape index (κ3) is 51.6. The van der Waals surface area contributed by atoms with E-state index >= 15 is 0 Å². The van der Waals surface area contributed by atoms with Crippen molar-refractivity contribution in [1.82, 2.24) is 0 Å². The van der Waals surface area contributed by atoms with Crippen molar-refractivity contribution in [3.63, 3.8) is 0 Å². The van der Waals surface area contributed by atoms with Crippen LogP contribution in [-0.4, -0.2) is 37.2 Å². The van der Waals surface area contributed by atoms with Crippen LogP contribution in [0.5, 0.6) is 0 Å². The molecule has 0 fully saturated rings. The van der Waals surface area contributed by atoms with Crippen LogP contribution in [0.4, 0.5) is 0 Å². The van der Waals surface area contributed by atoms with Gasteiger partial charge in [0.2, 0.25) is 0 Å². The minimum atomic E-state index is -0.761. The number of ether oxygens (including phenoxy) is 3. The summed E-state index contributed by atoms with van der Waals surface area (Å²) in [5.74, 6) is 0.0736. The van der Waals surface area contributed by atoms with Gasteiger partial charge in [-0.25, -0.2) is 0 Å². The molecule has 0 aliphatic carbocycles. The topological polar surface area (TPSA) is 78.9 Å². The first kappa shape index (κ1) is 63.4. The Kier molecular flexibility index (Phi) is 52.1. The molecule has 0 aromatic carbocycles. The Morgan fingerprint density at radius 1 is 0.308 bits per heavy atom. The molecule has 0 aromatic rings. The highest BCUT2D eigenvalue weighted by atomic mass is 16.6. The fourth-order valence-corrected chi connectivity index (χ4v) is 9.07. The predicted molar refractivity (Wildman–Crippen MR) is 280 cm³/mol. The first-order valence-corrected chi connectivity index (χ1v) is 29.4. The molecule has 2 atom stereocenters. The molecule has 1 unspecified atom stereocenters. The molecular formula is C59H114O6. The molecule has 0 aromatic heterocycles. The van der Waals surface area contributed by atoms with Crippen LogP contribution in [-0.2, 0) is 28.6 Å². The lowest BCUT2D eigenvalue weighted by atomic mass is 9.99. The molecular weight excluding hydrogens is 805 g/mol. The molecule has 0 aliphatic heterocycles. The van der Waals surface area contributed by atoms with Gasteiger partial charge in [-0.3, -0.25) is 14.4 Å². The number of esters is 3. The summed E-state index contributed by atoms with van der Waals surface area (Å²) in [6.45, 7) is 9.10. The highest BCUT2D eigenvalue weighted by molar-refractivity contribution is 5.71. The standard InChI is InChI=1S/C59H114O6/c1-5-8-10-12-14-16-18-19-27-31-35-39-43-47-51-58(61)64-54-56(53-63-57(60)50-46-42-38-34-29-17-15-13-11-9-6-2)65-59(62)52-48-44-40-36-32-28-25-23-21-20-22-24-26-30-33-37-41-45-49-55(4)7-3/h55-56H,5-54H2,1-4H3/t55?,56-/m0/s1. The van der Waals surface area contributed by atoms with E-state index in [-0.39, 0.29) is 31.1 Å². The average molecular weight is 920 g/mol. The molecule has 0 N–H and O–H groups in total. The van der Waals surface area contributed by atoms with Gasteiger partial charge in [0.05, 0.1) is 0 Å². The zero-order valence-electron chi connectivity index (χ0n) is 44.5. The molecule has 0 saturated heterocycles. The van der Waals surface area contributed by atoms with E-state index in [9.17, 15) is 14.4 Å². The Morgan fingerprint density at radius 3 is 0.800 bits per heavy atom. The number of hydrogen-bond acceptors (Lipinski definition) is 6. The number of unbranched alkanes of at least 4 members (excludes halogenated alkanes) is 40. The van der Waals surface area contributed by atoms with E-state index in [0.717, 1.165) is 63.7 Å². The lowest BCUT2D eigenvalue weighted by Crippen LogP contribution is -2.30. The SMILES string of the molecule is CCCCCCCCCCCCCCCCC(=O)OC[C@H](COC(=O)CCCCCCCCCCCCC)OC(=O)CCCCCCCCCCCCCCCCCCCCC(C)CC. The third-order valence-corrected chi connectivity index (χ3v) is 13.9. The Morgan fingerprint density at radius 2 is 0.538 bits per heavy atom. The van der Waals surface area contributed by atoms with Gasteiger partial charge < -0.3 is 14.2 Å². The van der Waals surface area contributed by atoms with Gasteiger partial charge in [-0.15, -0.1) is 0 Å². The largest absolute Gasteiger partial charge is 0.462 e. The zero-order valence-corrected chi connectivity index (χ0v) is 44.5. The normalized spacial score (nSPS) is 12.4. The Balaban J connectivity index is 4.22. The summed E-state index contributed by atoms with van der Waals surface area (Å²) < 4.78 is 16.9. The van der Waals surface area contributed by atoms with Gasteiger partial charge in [0.1, 0.15) is 13.2 Å². The van der Waals surface area contributed by atoms with Crippen molar-refractivity contribution >= 4 is 17.9 Å². The summed E-state index contributed by atoms with van der Waals surface area (Å²) in [5, 5.41) is 0. The van der Waals surface area contributed by atoms with Gasteiger partial charge >= 0.3 is 17.9 Å². The Hall–Kier alpha value is -1.59. The van der Waals surface area contributed by atoms with Crippen molar-refractivity contribution in [3.8, 4) is 0 Å². The maximum atomic E-state index is 12.9. The van der Waals surface area contributed by atoms with Crippen LogP contribution in [0.2, 0.25) is 0 Å². The van der Waals surface area contributed by atoms with Crippen LogP contribution >= 0.6 is 0 Å². The average Bonchev–Trinajstić information content (AvgIpc) is 3.30. The minimum absolute atomic E-state index is 0.0618. The van der Waals surface area contributed by atoms with Crippen molar-refractivity contribution in [3.05, 3.63) is 0 Å². The van der Waals surface area contributed by atoms with E-state index in [1.807, 2.05) is 0 Å². The van der Waals surface area contributed by atoms with E-state index in [1.54, 1.807) is 0 Å². The van der Waals surface area contributed by atoms with Crippen molar-refractivity contribution in [1.29, 1.82) is 0 Å². The maximum absolute atomic E-state index is 12.9. The zero-order chi connectivity index (χ0) is 47.4. The highest BCUT2D eigenvalue weighted by Gasteiger charge is 2.19. The molecule has 0 rings (SSSR count). The molecule has 65 heavy (non-hydrogen) atoms. The predicted octanol–water partition coefficient (Wildman–Crippen LogP) is 19.4. The first-order chi connectivity index (χ1) is 31.9. The smallest absolute Gasteiger partial charge is 0.306 e. The molecule has 0 aliphatic rings. The first-order valence-electron chi connectivity index (χ1n) is 29.4. The molecule has 0 spiro atoms. The molecule has 0 saturated carbocycles. The van der Waals surface area contributed by atoms with Crippen LogP contribution in [0.1, 0.15) is 336 Å². The number of carbonyl (C=O) groups excluding carboxylic acids is 3. The number of hydrogen-bond donors (Lipinski definition) is 0. The van der Waals surface area contributed by atoms with E-state index in [4.69, 9.17) is 14.2 Å². The van der Waals surface area contributed by atoms with Crippen molar-refractivity contribution in [2.75, 3.05) is 13.2 Å². The lowest BCUT2D eigenvalue weighted by molar-refractivity contribution is -0.167. The van der Waals surface area contributed by atoms with E-state index in [0.29, 0.717) is 19.3 Å². The van der Waals surface area contributed by atoms with Gasteiger partial charge in [0.15, 0.2) is 6.10 Å². The molecule has 6 nitrogen and oxygen atoms in total. The summed E-state index contributed by atoms with van der Waals surface area (Å²) in [6.07, 6.45) is 58.0. The Bertz CT molecular complexity index is 982. The number of carbonyl (C=O) groups is 3. The summed E-state index contributed by atoms with van der Waals surface area (Å²) in [5.41, 5.74) is 0. The van der Waals surface area contributed by atoms with Gasteiger partial charge in [-0.1, -0.05) is 297 Å². The van der Waals surface area contributed by atoms with Crippen molar-refractivity contribution < 1.29 is 28.6 Å². The lowest BCUT2D eigenvalue weighted by Gasteiger charge is -2.18. The van der Waals surface area contributed by atoms with Crippen molar-refractivity contribution in [2.45, 2.75) is 342 Å². The van der Waals surface area contributed by atoms with Crippen LogP contribution in [0.25, 0.3) is 0 Å². The van der Waals surface area contributed by atoms with Gasteiger partial charge in [-0.2, -0.15) is 0 Å². The minimum Gasteiger partial charge on any atom is -0.462 e. The van der Waals surface area contributed by atoms with Crippen LogP contribution < -0.4 is 0 Å². The quantitative estimate of drug-likeness (QED) is 0.0344. The molecule has 0 heterocycles. The maximum Gasteiger partial charge on any atom is 0.306 e. The fraction of sp³-hybridized carbons (Fsp3) is 0.949. The molecule has 0 radical (unpaired) electrons.